The smallest absolute Gasteiger partial charge is 0.108 e. The van der Waals surface area contributed by atoms with Gasteiger partial charge in [0.2, 0.25) is 0 Å². The monoisotopic (exact) mass is 157 g/mol. The van der Waals surface area contributed by atoms with Crippen LogP contribution in [0.4, 0.5) is 0 Å². The highest BCUT2D eigenvalue weighted by Gasteiger charge is 2.22. The molecule has 2 heterocycles. The summed E-state index contributed by atoms with van der Waals surface area (Å²) < 4.78 is 10.7. The Kier molecular flexibility index (Phi) is 2.41. The number of hydrogen-bond donors (Lipinski definition) is 1. The van der Waals surface area contributed by atoms with E-state index in [0.717, 1.165) is 38.7 Å². The van der Waals surface area contributed by atoms with Crippen molar-refractivity contribution < 1.29 is 9.47 Å². The minimum atomic E-state index is 0.307. The number of rotatable bonds is 2. The molecule has 3 heteroatoms. The lowest BCUT2D eigenvalue weighted by Gasteiger charge is -2.13. The third-order valence-electron chi connectivity index (χ3n) is 2.36. The molecule has 64 valence electrons. The van der Waals surface area contributed by atoms with Crippen LogP contribution in [-0.2, 0) is 9.47 Å². The lowest BCUT2D eigenvalue weighted by molar-refractivity contribution is 0.0759. The van der Waals surface area contributed by atoms with Crippen molar-refractivity contribution in [2.45, 2.75) is 19.1 Å². The fraction of sp³-hybridized carbons (Fsp3) is 1.00. The van der Waals surface area contributed by atoms with E-state index in [2.05, 4.69) is 5.32 Å². The molecule has 2 aliphatic rings. The van der Waals surface area contributed by atoms with Crippen molar-refractivity contribution in [3.63, 3.8) is 0 Å². The van der Waals surface area contributed by atoms with Gasteiger partial charge in [-0.25, -0.2) is 0 Å². The molecule has 2 unspecified atom stereocenters. The minimum absolute atomic E-state index is 0.307. The van der Waals surface area contributed by atoms with E-state index in [0.29, 0.717) is 6.23 Å². The normalized spacial score (nSPS) is 38.2. The molecular weight excluding hydrogens is 142 g/mol. The van der Waals surface area contributed by atoms with E-state index in [1.54, 1.807) is 0 Å². The molecule has 0 aromatic rings. The first-order chi connectivity index (χ1) is 5.45. The Bertz CT molecular complexity index is 103. The quantitative estimate of drug-likeness (QED) is 0.627. The highest BCUT2D eigenvalue weighted by atomic mass is 16.5. The lowest BCUT2D eigenvalue weighted by atomic mass is 10.0. The van der Waals surface area contributed by atoms with Crippen molar-refractivity contribution in [3.05, 3.63) is 0 Å². The van der Waals surface area contributed by atoms with E-state index in [1.807, 2.05) is 0 Å². The van der Waals surface area contributed by atoms with E-state index < -0.39 is 0 Å². The molecule has 2 rings (SSSR count). The molecule has 1 N–H and O–H groups in total. The summed E-state index contributed by atoms with van der Waals surface area (Å²) in [5.41, 5.74) is 0. The van der Waals surface area contributed by atoms with Crippen LogP contribution in [0, 0.1) is 5.92 Å². The van der Waals surface area contributed by atoms with Gasteiger partial charge in [0, 0.05) is 19.8 Å². The molecule has 0 aromatic heterocycles. The van der Waals surface area contributed by atoms with Gasteiger partial charge in [-0.2, -0.15) is 0 Å². The highest BCUT2D eigenvalue weighted by molar-refractivity contribution is 4.71. The van der Waals surface area contributed by atoms with Gasteiger partial charge in [0.25, 0.3) is 0 Å². The second kappa shape index (κ2) is 3.52. The van der Waals surface area contributed by atoms with Crippen molar-refractivity contribution in [1.82, 2.24) is 5.32 Å². The Labute approximate surface area is 67.1 Å². The zero-order valence-corrected chi connectivity index (χ0v) is 6.71. The minimum Gasteiger partial charge on any atom is -0.381 e. The van der Waals surface area contributed by atoms with Crippen LogP contribution in [0.3, 0.4) is 0 Å². The van der Waals surface area contributed by atoms with Crippen LogP contribution in [0.15, 0.2) is 0 Å². The average Bonchev–Trinajstić information content (AvgIpc) is 2.60. The summed E-state index contributed by atoms with van der Waals surface area (Å²) in [7, 11) is 0. The second-order valence-corrected chi connectivity index (χ2v) is 3.28. The third-order valence-corrected chi connectivity index (χ3v) is 2.36. The molecule has 2 atom stereocenters. The maximum absolute atomic E-state index is 5.45. The Morgan fingerprint density at radius 1 is 1.36 bits per heavy atom. The highest BCUT2D eigenvalue weighted by Crippen LogP contribution is 2.19. The predicted octanol–water partition coefficient (Wildman–Crippen LogP) is 0.359. The maximum Gasteiger partial charge on any atom is 0.108 e. The molecule has 3 nitrogen and oxygen atoms in total. The van der Waals surface area contributed by atoms with Gasteiger partial charge in [-0.15, -0.1) is 0 Å². The number of nitrogens with one attached hydrogen (secondary N) is 1. The summed E-state index contributed by atoms with van der Waals surface area (Å²) in [4.78, 5) is 0. The van der Waals surface area contributed by atoms with E-state index in [-0.39, 0.29) is 0 Å². The van der Waals surface area contributed by atoms with E-state index in [4.69, 9.17) is 9.47 Å². The summed E-state index contributed by atoms with van der Waals surface area (Å²) in [5, 5.41) is 3.31. The fourth-order valence-corrected chi connectivity index (χ4v) is 1.70. The molecule has 2 aliphatic heterocycles. The molecule has 0 saturated carbocycles. The first-order valence-electron chi connectivity index (χ1n) is 4.38. The van der Waals surface area contributed by atoms with Crippen molar-refractivity contribution >= 4 is 0 Å². The van der Waals surface area contributed by atoms with Crippen molar-refractivity contribution in [2.75, 3.05) is 26.4 Å². The Morgan fingerprint density at radius 2 is 2.36 bits per heavy atom. The molecule has 0 bridgehead atoms. The zero-order valence-electron chi connectivity index (χ0n) is 6.71. The Balaban J connectivity index is 1.71. The van der Waals surface area contributed by atoms with Gasteiger partial charge in [-0.3, -0.25) is 5.32 Å². The first kappa shape index (κ1) is 7.53. The summed E-state index contributed by atoms with van der Waals surface area (Å²) in [6.07, 6.45) is 2.64. The Morgan fingerprint density at radius 3 is 3.00 bits per heavy atom. The van der Waals surface area contributed by atoms with Gasteiger partial charge in [0.1, 0.15) is 6.23 Å². The molecule has 2 fully saturated rings. The molecule has 11 heavy (non-hydrogen) atoms. The molecule has 0 aliphatic carbocycles. The lowest BCUT2D eigenvalue weighted by Crippen LogP contribution is -2.25. The second-order valence-electron chi connectivity index (χ2n) is 3.28. The third kappa shape index (κ3) is 1.92. The van der Waals surface area contributed by atoms with Crippen LogP contribution >= 0.6 is 0 Å². The van der Waals surface area contributed by atoms with Gasteiger partial charge in [0.15, 0.2) is 0 Å². The van der Waals surface area contributed by atoms with E-state index in [9.17, 15) is 0 Å². The van der Waals surface area contributed by atoms with Crippen LogP contribution in [0.1, 0.15) is 12.8 Å². The predicted molar refractivity (Wildman–Crippen MR) is 41.3 cm³/mol. The van der Waals surface area contributed by atoms with Crippen molar-refractivity contribution in [2.24, 2.45) is 5.92 Å². The van der Waals surface area contributed by atoms with Gasteiger partial charge < -0.3 is 9.47 Å². The summed E-state index contributed by atoms with van der Waals surface area (Å²) in [6, 6.07) is 0. The van der Waals surface area contributed by atoms with Crippen molar-refractivity contribution in [3.8, 4) is 0 Å². The average molecular weight is 157 g/mol. The molecule has 0 radical (unpaired) electrons. The molecule has 2 saturated heterocycles. The molecular formula is C8H15NO2. The number of hydrogen-bond acceptors (Lipinski definition) is 3. The van der Waals surface area contributed by atoms with Crippen LogP contribution in [0.5, 0.6) is 0 Å². The topological polar surface area (TPSA) is 30.5 Å². The van der Waals surface area contributed by atoms with Gasteiger partial charge in [-0.05, 0) is 18.8 Å². The summed E-state index contributed by atoms with van der Waals surface area (Å²) >= 11 is 0. The first-order valence-corrected chi connectivity index (χ1v) is 4.38. The van der Waals surface area contributed by atoms with E-state index >= 15 is 0 Å². The maximum atomic E-state index is 5.45. The molecule has 0 spiro atoms. The van der Waals surface area contributed by atoms with Crippen LogP contribution < -0.4 is 5.32 Å². The molecule has 0 aromatic carbocycles. The van der Waals surface area contributed by atoms with Crippen LogP contribution in [0.2, 0.25) is 0 Å². The largest absolute Gasteiger partial charge is 0.381 e. The van der Waals surface area contributed by atoms with Gasteiger partial charge >= 0.3 is 0 Å². The Hall–Kier alpha value is -0.120. The standard InChI is InChI=1S/C8H15NO2/c1-3-10-6-7(1)5-8-9-2-4-11-8/h7-9H,1-6H2. The van der Waals surface area contributed by atoms with E-state index in [1.165, 1.54) is 6.42 Å². The van der Waals surface area contributed by atoms with Crippen LogP contribution in [0.25, 0.3) is 0 Å². The van der Waals surface area contributed by atoms with Gasteiger partial charge in [-0.1, -0.05) is 0 Å². The SMILES string of the molecule is C1COC(CC2CCOC2)N1. The number of ether oxygens (including phenoxy) is 2. The summed E-state index contributed by atoms with van der Waals surface area (Å²) in [5.74, 6) is 0.727. The van der Waals surface area contributed by atoms with Crippen molar-refractivity contribution in [1.29, 1.82) is 0 Å². The zero-order chi connectivity index (χ0) is 7.52. The van der Waals surface area contributed by atoms with Crippen LogP contribution in [-0.4, -0.2) is 32.6 Å². The fourth-order valence-electron chi connectivity index (χ4n) is 1.70. The molecule has 0 amide bonds. The summed E-state index contributed by atoms with van der Waals surface area (Å²) in [6.45, 7) is 3.76. The van der Waals surface area contributed by atoms with Gasteiger partial charge in [0.05, 0.1) is 6.61 Å².